The van der Waals surface area contributed by atoms with E-state index in [1.165, 1.54) is 0 Å². The summed E-state index contributed by atoms with van der Waals surface area (Å²) in [6.07, 6.45) is -0.389. The maximum atomic E-state index is 11.1. The SMILES string of the molecule is CCNC(=O)C(C)OCCOC.[HH]. The van der Waals surface area contributed by atoms with Crippen molar-refractivity contribution in [3.8, 4) is 0 Å². The first kappa shape index (κ1) is 11.4. The molecule has 0 aromatic carbocycles. The van der Waals surface area contributed by atoms with Crippen LogP contribution in [0.5, 0.6) is 0 Å². The maximum absolute atomic E-state index is 11.1. The van der Waals surface area contributed by atoms with E-state index in [1.54, 1.807) is 14.0 Å². The summed E-state index contributed by atoms with van der Waals surface area (Å²) >= 11 is 0. The van der Waals surface area contributed by atoms with Gasteiger partial charge in [-0.05, 0) is 13.8 Å². The molecule has 0 heterocycles. The Balaban J connectivity index is 0. The fraction of sp³-hybridized carbons (Fsp3) is 0.875. The highest BCUT2D eigenvalue weighted by molar-refractivity contribution is 5.80. The molecule has 0 spiro atoms. The Morgan fingerprint density at radius 3 is 2.75 bits per heavy atom. The zero-order chi connectivity index (χ0) is 9.40. The number of ether oxygens (including phenoxy) is 2. The Morgan fingerprint density at radius 2 is 2.25 bits per heavy atom. The van der Waals surface area contributed by atoms with Crippen LogP contribution < -0.4 is 5.32 Å². The minimum absolute atomic E-state index is 0. The van der Waals surface area contributed by atoms with Crippen molar-refractivity contribution in [3.05, 3.63) is 0 Å². The van der Waals surface area contributed by atoms with Crippen LogP contribution in [0.25, 0.3) is 0 Å². The molecule has 0 fully saturated rings. The number of hydrogen-bond acceptors (Lipinski definition) is 3. The fourth-order valence-electron chi connectivity index (χ4n) is 0.702. The van der Waals surface area contributed by atoms with Crippen molar-refractivity contribution < 1.29 is 15.7 Å². The fourth-order valence-corrected chi connectivity index (χ4v) is 0.702. The summed E-state index contributed by atoms with van der Waals surface area (Å²) in [7, 11) is 1.60. The van der Waals surface area contributed by atoms with E-state index in [4.69, 9.17) is 9.47 Å². The average Bonchev–Trinajstić information content (AvgIpc) is 2.05. The summed E-state index contributed by atoms with van der Waals surface area (Å²) in [6.45, 7) is 5.20. The molecule has 1 unspecified atom stereocenters. The second-order valence-corrected chi connectivity index (χ2v) is 2.40. The third-order valence-corrected chi connectivity index (χ3v) is 1.38. The van der Waals surface area contributed by atoms with Crippen molar-refractivity contribution in [3.63, 3.8) is 0 Å². The van der Waals surface area contributed by atoms with Gasteiger partial charge in [-0.15, -0.1) is 0 Å². The van der Waals surface area contributed by atoms with Gasteiger partial charge in [-0.25, -0.2) is 0 Å². The van der Waals surface area contributed by atoms with Crippen LogP contribution in [-0.2, 0) is 14.3 Å². The first-order valence-corrected chi connectivity index (χ1v) is 4.10. The van der Waals surface area contributed by atoms with Crippen LogP contribution in [0.2, 0.25) is 0 Å². The predicted octanol–water partition coefficient (Wildman–Crippen LogP) is 0.420. The molecule has 74 valence electrons. The highest BCUT2D eigenvalue weighted by Gasteiger charge is 2.10. The topological polar surface area (TPSA) is 47.6 Å². The van der Waals surface area contributed by atoms with Gasteiger partial charge in [0.15, 0.2) is 0 Å². The van der Waals surface area contributed by atoms with Crippen LogP contribution in [0, 0.1) is 0 Å². The molecule has 0 saturated carbocycles. The standard InChI is InChI=1S/C8H17NO3.H2/c1-4-9-8(10)7(2)12-6-5-11-3;/h7H,4-6H2,1-3H3,(H,9,10);1H. The summed E-state index contributed by atoms with van der Waals surface area (Å²) in [4.78, 5) is 11.1. The van der Waals surface area contributed by atoms with Crippen LogP contribution in [0.4, 0.5) is 0 Å². The Hall–Kier alpha value is -0.610. The van der Waals surface area contributed by atoms with Gasteiger partial charge in [0.25, 0.3) is 0 Å². The van der Waals surface area contributed by atoms with Gasteiger partial charge < -0.3 is 14.8 Å². The molecule has 4 heteroatoms. The molecule has 1 N–H and O–H groups in total. The summed E-state index contributed by atoms with van der Waals surface area (Å²) < 4.78 is 9.93. The van der Waals surface area contributed by atoms with Crippen LogP contribution in [0.15, 0.2) is 0 Å². The Labute approximate surface area is 74.7 Å². The number of hydrogen-bond donors (Lipinski definition) is 1. The lowest BCUT2D eigenvalue weighted by Gasteiger charge is -2.11. The largest absolute Gasteiger partial charge is 0.382 e. The van der Waals surface area contributed by atoms with Crippen LogP contribution in [0.3, 0.4) is 0 Å². The molecule has 0 rings (SSSR count). The molecule has 1 atom stereocenters. The van der Waals surface area contributed by atoms with Gasteiger partial charge in [0.05, 0.1) is 13.2 Å². The summed E-state index contributed by atoms with van der Waals surface area (Å²) in [5.41, 5.74) is 0. The third kappa shape index (κ3) is 5.09. The van der Waals surface area contributed by atoms with Gasteiger partial charge in [0.1, 0.15) is 6.10 Å². The van der Waals surface area contributed by atoms with Crippen LogP contribution >= 0.6 is 0 Å². The average molecular weight is 177 g/mol. The summed E-state index contributed by atoms with van der Waals surface area (Å²) in [6, 6.07) is 0. The predicted molar refractivity (Wildman–Crippen MR) is 48.1 cm³/mol. The zero-order valence-electron chi connectivity index (χ0n) is 7.92. The van der Waals surface area contributed by atoms with Crippen molar-refractivity contribution in [1.29, 1.82) is 0 Å². The van der Waals surface area contributed by atoms with Crippen LogP contribution in [0.1, 0.15) is 15.3 Å². The second kappa shape index (κ2) is 7.06. The smallest absolute Gasteiger partial charge is 0.248 e. The molecule has 0 aliphatic rings. The van der Waals surface area contributed by atoms with Gasteiger partial charge in [-0.1, -0.05) is 0 Å². The lowest BCUT2D eigenvalue weighted by Crippen LogP contribution is -2.34. The Bertz CT molecular complexity index is 133. The molecule has 0 aromatic heterocycles. The molecule has 0 aromatic rings. The van der Waals surface area contributed by atoms with Gasteiger partial charge in [0, 0.05) is 15.1 Å². The number of nitrogens with one attached hydrogen (secondary N) is 1. The Morgan fingerprint density at radius 1 is 1.58 bits per heavy atom. The van der Waals surface area contributed by atoms with E-state index in [9.17, 15) is 4.79 Å². The minimum Gasteiger partial charge on any atom is -0.382 e. The number of rotatable bonds is 6. The normalized spacial score (nSPS) is 12.6. The van der Waals surface area contributed by atoms with E-state index in [1.807, 2.05) is 6.92 Å². The van der Waals surface area contributed by atoms with Crippen molar-refractivity contribution in [2.24, 2.45) is 0 Å². The van der Waals surface area contributed by atoms with E-state index < -0.39 is 0 Å². The number of carbonyl (C=O) groups is 1. The number of amides is 1. The molecule has 1 amide bonds. The van der Waals surface area contributed by atoms with E-state index in [0.717, 1.165) is 0 Å². The molecule has 12 heavy (non-hydrogen) atoms. The number of carbonyl (C=O) groups excluding carboxylic acids is 1. The molecule has 0 radical (unpaired) electrons. The van der Waals surface area contributed by atoms with Crippen molar-refractivity contribution >= 4 is 5.91 Å². The van der Waals surface area contributed by atoms with Crippen molar-refractivity contribution in [1.82, 2.24) is 5.32 Å². The zero-order valence-corrected chi connectivity index (χ0v) is 7.92. The van der Waals surface area contributed by atoms with Gasteiger partial charge in [-0.3, -0.25) is 4.79 Å². The lowest BCUT2D eigenvalue weighted by molar-refractivity contribution is -0.132. The quantitative estimate of drug-likeness (QED) is 0.598. The molecular formula is C8H19NO3. The number of likely N-dealkylation sites (N-methyl/N-ethyl adjacent to an activating group) is 1. The molecular weight excluding hydrogens is 158 g/mol. The van der Waals surface area contributed by atoms with Gasteiger partial charge in [0.2, 0.25) is 5.91 Å². The maximum Gasteiger partial charge on any atom is 0.248 e. The van der Waals surface area contributed by atoms with Gasteiger partial charge in [-0.2, -0.15) is 0 Å². The van der Waals surface area contributed by atoms with Crippen molar-refractivity contribution in [2.45, 2.75) is 20.0 Å². The highest BCUT2D eigenvalue weighted by Crippen LogP contribution is 1.89. The second-order valence-electron chi connectivity index (χ2n) is 2.40. The van der Waals surface area contributed by atoms with E-state index >= 15 is 0 Å². The molecule has 0 saturated heterocycles. The molecule has 0 aliphatic heterocycles. The monoisotopic (exact) mass is 177 g/mol. The first-order valence-electron chi connectivity index (χ1n) is 4.10. The number of methoxy groups -OCH3 is 1. The van der Waals surface area contributed by atoms with E-state index in [2.05, 4.69) is 5.32 Å². The van der Waals surface area contributed by atoms with Crippen molar-refractivity contribution in [2.75, 3.05) is 26.9 Å². The molecule has 0 bridgehead atoms. The third-order valence-electron chi connectivity index (χ3n) is 1.38. The molecule has 0 aliphatic carbocycles. The van der Waals surface area contributed by atoms with Gasteiger partial charge >= 0.3 is 0 Å². The van der Waals surface area contributed by atoms with E-state index in [-0.39, 0.29) is 13.4 Å². The lowest BCUT2D eigenvalue weighted by atomic mass is 10.4. The first-order chi connectivity index (χ1) is 5.72. The molecule has 4 nitrogen and oxygen atoms in total. The van der Waals surface area contributed by atoms with Crippen LogP contribution in [-0.4, -0.2) is 38.9 Å². The summed E-state index contributed by atoms with van der Waals surface area (Å²) in [5.74, 6) is -0.0754. The minimum atomic E-state index is -0.389. The Kier molecular flexibility index (Phi) is 6.70. The van der Waals surface area contributed by atoms with E-state index in [0.29, 0.717) is 19.8 Å². The highest BCUT2D eigenvalue weighted by atomic mass is 16.5. The summed E-state index contributed by atoms with van der Waals surface area (Å²) in [5, 5.41) is 2.67.